The van der Waals surface area contributed by atoms with E-state index in [0.29, 0.717) is 0 Å². The Balaban J connectivity index is 1.96. The third-order valence-electron chi connectivity index (χ3n) is 4.25. The van der Waals surface area contributed by atoms with Crippen LogP contribution in [0, 0.1) is 13.8 Å². The van der Waals surface area contributed by atoms with Crippen LogP contribution in [0.4, 0.5) is 11.5 Å². The van der Waals surface area contributed by atoms with Crippen LogP contribution in [-0.2, 0) is 11.2 Å². The van der Waals surface area contributed by atoms with Gasteiger partial charge in [-0.25, -0.2) is 9.97 Å². The molecule has 3 rings (SSSR count). The molecule has 1 fully saturated rings. The van der Waals surface area contributed by atoms with Crippen molar-refractivity contribution in [1.29, 1.82) is 0 Å². The van der Waals surface area contributed by atoms with E-state index in [1.165, 1.54) is 11.1 Å². The van der Waals surface area contributed by atoms with Crippen LogP contribution in [0.2, 0.25) is 0 Å². The molecular formula is C18H24N4OS. The zero-order valence-corrected chi connectivity index (χ0v) is 15.3. The van der Waals surface area contributed by atoms with Gasteiger partial charge >= 0.3 is 0 Å². The fourth-order valence-corrected chi connectivity index (χ4v) is 3.81. The smallest absolute Gasteiger partial charge is 0.194 e. The molecule has 1 aromatic heterocycles. The van der Waals surface area contributed by atoms with E-state index in [0.717, 1.165) is 60.0 Å². The summed E-state index contributed by atoms with van der Waals surface area (Å²) in [5, 5.41) is 0.778. The molecule has 0 unspecified atom stereocenters. The molecule has 24 heavy (non-hydrogen) atoms. The van der Waals surface area contributed by atoms with Crippen molar-refractivity contribution >= 4 is 23.3 Å². The van der Waals surface area contributed by atoms with Crippen LogP contribution in [0.15, 0.2) is 28.3 Å². The van der Waals surface area contributed by atoms with Gasteiger partial charge in [-0.3, -0.25) is 0 Å². The molecule has 0 saturated carbocycles. The van der Waals surface area contributed by atoms with Crippen molar-refractivity contribution in [2.75, 3.05) is 36.9 Å². The van der Waals surface area contributed by atoms with E-state index in [-0.39, 0.29) is 0 Å². The van der Waals surface area contributed by atoms with Crippen molar-refractivity contribution in [2.45, 2.75) is 37.2 Å². The Labute approximate surface area is 147 Å². The molecule has 0 bridgehead atoms. The molecule has 2 heterocycles. The van der Waals surface area contributed by atoms with Gasteiger partial charge < -0.3 is 15.4 Å². The number of benzene rings is 1. The summed E-state index contributed by atoms with van der Waals surface area (Å²) in [6.07, 6.45) is 0.931. The van der Waals surface area contributed by atoms with E-state index in [1.54, 1.807) is 11.8 Å². The first kappa shape index (κ1) is 17.0. The number of hydrogen-bond acceptors (Lipinski definition) is 6. The van der Waals surface area contributed by atoms with Crippen molar-refractivity contribution in [3.05, 3.63) is 35.0 Å². The average molecular weight is 344 g/mol. The fraction of sp³-hybridized carbons (Fsp3) is 0.444. The van der Waals surface area contributed by atoms with Crippen LogP contribution in [0.25, 0.3) is 0 Å². The number of nitrogens with two attached hydrogens (primary N) is 1. The highest BCUT2D eigenvalue weighted by Gasteiger charge is 2.19. The summed E-state index contributed by atoms with van der Waals surface area (Å²) in [4.78, 5) is 13.0. The Morgan fingerprint density at radius 2 is 1.96 bits per heavy atom. The van der Waals surface area contributed by atoms with Gasteiger partial charge in [0.1, 0.15) is 5.82 Å². The Kier molecular flexibility index (Phi) is 5.26. The highest BCUT2D eigenvalue weighted by Crippen LogP contribution is 2.32. The first-order valence-corrected chi connectivity index (χ1v) is 9.14. The van der Waals surface area contributed by atoms with Crippen LogP contribution in [0.1, 0.15) is 23.7 Å². The average Bonchev–Trinajstić information content (AvgIpc) is 2.58. The molecule has 128 valence electrons. The third kappa shape index (κ3) is 3.65. The van der Waals surface area contributed by atoms with E-state index in [1.807, 2.05) is 18.2 Å². The second-order valence-electron chi connectivity index (χ2n) is 5.97. The van der Waals surface area contributed by atoms with Gasteiger partial charge in [0, 0.05) is 34.9 Å². The number of nitrogens with zero attached hydrogens (tertiary/aromatic N) is 3. The standard InChI is InChI=1S/C18H24N4OS/c1-4-15-13(3)20-18(21-17(15)22-7-9-23-10-8-22)24-16-11-14(19)6-5-12(16)2/h5-6,11H,4,7-10,19H2,1-3H3. The molecule has 0 spiro atoms. The molecule has 2 aromatic rings. The van der Waals surface area contributed by atoms with Crippen molar-refractivity contribution in [1.82, 2.24) is 9.97 Å². The van der Waals surface area contributed by atoms with Gasteiger partial charge in [0.25, 0.3) is 0 Å². The molecule has 2 N–H and O–H groups in total. The quantitative estimate of drug-likeness (QED) is 0.679. The normalized spacial score (nSPS) is 14.9. The highest BCUT2D eigenvalue weighted by atomic mass is 32.2. The summed E-state index contributed by atoms with van der Waals surface area (Å²) >= 11 is 1.58. The first-order chi connectivity index (χ1) is 11.6. The second kappa shape index (κ2) is 7.40. The Morgan fingerprint density at radius 3 is 2.67 bits per heavy atom. The molecule has 1 aliphatic rings. The van der Waals surface area contributed by atoms with Crippen LogP contribution < -0.4 is 10.6 Å². The molecule has 0 atom stereocenters. The van der Waals surface area contributed by atoms with Crippen molar-refractivity contribution in [2.24, 2.45) is 0 Å². The van der Waals surface area contributed by atoms with Crippen molar-refractivity contribution in [3.63, 3.8) is 0 Å². The number of ether oxygens (including phenoxy) is 1. The Bertz CT molecular complexity index is 729. The van der Waals surface area contributed by atoms with Crippen LogP contribution in [0.5, 0.6) is 0 Å². The summed E-state index contributed by atoms with van der Waals surface area (Å²) in [6, 6.07) is 5.94. The predicted molar refractivity (Wildman–Crippen MR) is 98.9 cm³/mol. The minimum absolute atomic E-state index is 0.753. The minimum Gasteiger partial charge on any atom is -0.399 e. The van der Waals surface area contributed by atoms with E-state index >= 15 is 0 Å². The third-order valence-corrected chi connectivity index (χ3v) is 5.27. The second-order valence-corrected chi connectivity index (χ2v) is 6.98. The van der Waals surface area contributed by atoms with E-state index < -0.39 is 0 Å². The summed E-state index contributed by atoms with van der Waals surface area (Å²) in [6.45, 7) is 9.57. The maximum atomic E-state index is 5.93. The molecule has 1 saturated heterocycles. The summed E-state index contributed by atoms with van der Waals surface area (Å²) in [5.74, 6) is 1.05. The Morgan fingerprint density at radius 1 is 1.21 bits per heavy atom. The number of morpholine rings is 1. The predicted octanol–water partition coefficient (Wildman–Crippen LogP) is 3.23. The number of nitrogen functional groups attached to an aromatic ring is 1. The Hall–Kier alpha value is -1.79. The molecule has 6 heteroatoms. The largest absolute Gasteiger partial charge is 0.399 e. The van der Waals surface area contributed by atoms with Gasteiger partial charge in [0.2, 0.25) is 0 Å². The monoisotopic (exact) mass is 344 g/mol. The van der Waals surface area contributed by atoms with Crippen LogP contribution in [-0.4, -0.2) is 36.3 Å². The molecule has 0 amide bonds. The summed E-state index contributed by atoms with van der Waals surface area (Å²) < 4.78 is 5.48. The molecule has 0 aliphatic carbocycles. The maximum absolute atomic E-state index is 5.93. The SMILES string of the molecule is CCc1c(C)nc(Sc2cc(N)ccc2C)nc1N1CCOCC1. The van der Waals surface area contributed by atoms with Gasteiger partial charge in [-0.05, 0) is 49.7 Å². The zero-order chi connectivity index (χ0) is 17.1. The van der Waals surface area contributed by atoms with Gasteiger partial charge in [-0.15, -0.1) is 0 Å². The zero-order valence-electron chi connectivity index (χ0n) is 14.5. The lowest BCUT2D eigenvalue weighted by Gasteiger charge is -2.30. The number of rotatable bonds is 4. The van der Waals surface area contributed by atoms with Crippen LogP contribution >= 0.6 is 11.8 Å². The molecule has 1 aliphatic heterocycles. The molecule has 1 aromatic carbocycles. The lowest BCUT2D eigenvalue weighted by Crippen LogP contribution is -2.37. The number of aryl methyl sites for hydroxylation is 2. The molecular weight excluding hydrogens is 320 g/mol. The van der Waals surface area contributed by atoms with Gasteiger partial charge in [0.15, 0.2) is 5.16 Å². The lowest BCUT2D eigenvalue weighted by atomic mass is 10.1. The molecule has 0 radical (unpaired) electrons. The number of hydrogen-bond donors (Lipinski definition) is 1. The summed E-state index contributed by atoms with van der Waals surface area (Å²) in [7, 11) is 0. The first-order valence-electron chi connectivity index (χ1n) is 8.32. The fourth-order valence-electron chi connectivity index (χ4n) is 2.88. The van der Waals surface area contributed by atoms with E-state index in [2.05, 4.69) is 25.7 Å². The highest BCUT2D eigenvalue weighted by molar-refractivity contribution is 7.99. The number of aromatic nitrogens is 2. The van der Waals surface area contributed by atoms with Gasteiger partial charge in [0.05, 0.1) is 13.2 Å². The topological polar surface area (TPSA) is 64.3 Å². The van der Waals surface area contributed by atoms with Crippen molar-refractivity contribution in [3.8, 4) is 0 Å². The minimum atomic E-state index is 0.753. The maximum Gasteiger partial charge on any atom is 0.194 e. The van der Waals surface area contributed by atoms with Crippen LogP contribution in [0.3, 0.4) is 0 Å². The van der Waals surface area contributed by atoms with E-state index in [9.17, 15) is 0 Å². The summed E-state index contributed by atoms with van der Waals surface area (Å²) in [5.41, 5.74) is 10.2. The number of anilines is 2. The molecule has 5 nitrogen and oxygen atoms in total. The van der Waals surface area contributed by atoms with Gasteiger partial charge in [-0.1, -0.05) is 13.0 Å². The lowest BCUT2D eigenvalue weighted by molar-refractivity contribution is 0.122. The van der Waals surface area contributed by atoms with Gasteiger partial charge in [-0.2, -0.15) is 0 Å². The van der Waals surface area contributed by atoms with E-state index in [4.69, 9.17) is 20.4 Å². The van der Waals surface area contributed by atoms with Crippen molar-refractivity contribution < 1.29 is 4.74 Å².